The molecule has 0 radical (unpaired) electrons. The van der Waals surface area contributed by atoms with Gasteiger partial charge in [-0.2, -0.15) is 0 Å². The summed E-state index contributed by atoms with van der Waals surface area (Å²) in [6.45, 7) is -0.799. The summed E-state index contributed by atoms with van der Waals surface area (Å²) in [7, 11) is 1.44. The van der Waals surface area contributed by atoms with Crippen LogP contribution in [-0.4, -0.2) is 113 Å². The van der Waals surface area contributed by atoms with Crippen molar-refractivity contribution < 1.29 is 58.7 Å². The van der Waals surface area contributed by atoms with Crippen LogP contribution in [0.5, 0.6) is 0 Å². The molecular formula is C25H32O12. The summed E-state index contributed by atoms with van der Waals surface area (Å²) in [5, 5.41) is 52.1. The van der Waals surface area contributed by atoms with Crippen molar-refractivity contribution in [3.05, 3.63) is 42.0 Å². The number of methoxy groups -OCH3 is 1. The molecule has 5 N–H and O–H groups in total. The standard InChI is InChI=1S/C25H32O12/c1-32-16-9-13-17(25(11-26)22(37-25)18(13)28)23(35-16)36-24-21(31)20(30)19(29)14(34-24)10-33-15(27)8-7-12-5-3-2-4-6-12/h2-8,13-14,16-24,26,28-31H,9-11H2,1H3/t13-,14-,16+,17-,18+,19-,20+,21-,22+,23+,24+,25-/m1/s1. The van der Waals surface area contributed by atoms with Crippen LogP contribution in [0, 0.1) is 11.8 Å². The van der Waals surface area contributed by atoms with Crippen LogP contribution in [-0.2, 0) is 33.2 Å². The summed E-state index contributed by atoms with van der Waals surface area (Å²) in [5.74, 6) is -1.68. The van der Waals surface area contributed by atoms with Crippen molar-refractivity contribution in [2.75, 3.05) is 20.3 Å². The van der Waals surface area contributed by atoms with Gasteiger partial charge in [0, 0.05) is 31.4 Å². The monoisotopic (exact) mass is 524 g/mol. The van der Waals surface area contributed by atoms with Crippen LogP contribution in [0.25, 0.3) is 6.08 Å². The van der Waals surface area contributed by atoms with Crippen molar-refractivity contribution in [2.24, 2.45) is 11.8 Å². The second kappa shape index (κ2) is 10.7. The summed E-state index contributed by atoms with van der Waals surface area (Å²) in [5.41, 5.74) is -0.272. The molecule has 0 spiro atoms. The second-order valence-corrected chi connectivity index (χ2v) is 9.76. The minimum absolute atomic E-state index is 0.342. The number of carbonyl (C=O) groups is 1. The van der Waals surface area contributed by atoms with Crippen molar-refractivity contribution in [3.8, 4) is 0 Å². The number of carbonyl (C=O) groups excluding carboxylic acids is 1. The van der Waals surface area contributed by atoms with Gasteiger partial charge in [-0.3, -0.25) is 0 Å². The number of rotatable bonds is 8. The molecule has 3 saturated heterocycles. The van der Waals surface area contributed by atoms with Crippen molar-refractivity contribution in [3.63, 3.8) is 0 Å². The lowest BCUT2D eigenvalue weighted by Crippen LogP contribution is -2.61. The van der Waals surface area contributed by atoms with Crippen LogP contribution >= 0.6 is 0 Å². The lowest BCUT2D eigenvalue weighted by atomic mass is 9.82. The Morgan fingerprint density at radius 1 is 1.05 bits per heavy atom. The van der Waals surface area contributed by atoms with E-state index in [9.17, 15) is 30.3 Å². The number of epoxide rings is 1. The summed E-state index contributed by atoms with van der Waals surface area (Å²) in [6.07, 6.45) is -7.84. The van der Waals surface area contributed by atoms with Gasteiger partial charge in [-0.1, -0.05) is 30.3 Å². The zero-order chi connectivity index (χ0) is 26.3. The molecule has 4 fully saturated rings. The number of aliphatic hydroxyl groups is 5. The van der Waals surface area contributed by atoms with Gasteiger partial charge in [0.25, 0.3) is 0 Å². The van der Waals surface area contributed by atoms with Gasteiger partial charge in [0.15, 0.2) is 18.9 Å². The SMILES string of the molecule is CO[C@@H]1C[C@H]2[C@H](O)[C@@H]3O[C@]3(CO)[C@H]2[C@H](O[C@@H]2O[C@H](COC(=O)C=Cc3ccccc3)[C@@H](O)[C@H](O)[C@H]2O)O1. The number of benzene rings is 1. The highest BCUT2D eigenvalue weighted by Gasteiger charge is 2.76. The highest BCUT2D eigenvalue weighted by Crippen LogP contribution is 2.61. The predicted molar refractivity (Wildman–Crippen MR) is 122 cm³/mol. The molecule has 0 amide bonds. The van der Waals surface area contributed by atoms with Gasteiger partial charge in [0.1, 0.15) is 42.7 Å². The zero-order valence-corrected chi connectivity index (χ0v) is 20.1. The van der Waals surface area contributed by atoms with Crippen LogP contribution in [0.3, 0.4) is 0 Å². The van der Waals surface area contributed by atoms with Crippen LogP contribution in [0.1, 0.15) is 12.0 Å². The number of hydrogen-bond acceptors (Lipinski definition) is 12. The number of esters is 1. The fourth-order valence-corrected chi connectivity index (χ4v) is 5.60. The van der Waals surface area contributed by atoms with E-state index in [-0.39, 0.29) is 12.5 Å². The minimum atomic E-state index is -1.68. The van der Waals surface area contributed by atoms with Crippen LogP contribution in [0.2, 0.25) is 0 Å². The molecule has 1 aromatic rings. The van der Waals surface area contributed by atoms with Crippen LogP contribution < -0.4 is 0 Å². The van der Waals surface area contributed by atoms with Gasteiger partial charge in [0.2, 0.25) is 0 Å². The Bertz CT molecular complexity index is 974. The van der Waals surface area contributed by atoms with E-state index in [0.717, 1.165) is 5.56 Å². The van der Waals surface area contributed by atoms with Crippen molar-refractivity contribution in [2.45, 2.75) is 67.5 Å². The van der Waals surface area contributed by atoms with Crippen molar-refractivity contribution in [1.82, 2.24) is 0 Å². The molecule has 12 nitrogen and oxygen atoms in total. The van der Waals surface area contributed by atoms with Gasteiger partial charge in [-0.05, 0) is 11.6 Å². The third-order valence-corrected chi connectivity index (χ3v) is 7.64. The van der Waals surface area contributed by atoms with Crippen LogP contribution in [0.15, 0.2) is 36.4 Å². The van der Waals surface area contributed by atoms with E-state index >= 15 is 0 Å². The first-order valence-electron chi connectivity index (χ1n) is 12.2. The lowest BCUT2D eigenvalue weighted by molar-refractivity contribution is -0.380. The maximum Gasteiger partial charge on any atom is 0.330 e. The second-order valence-electron chi connectivity index (χ2n) is 9.76. The topological polar surface area (TPSA) is 177 Å². The Balaban J connectivity index is 1.25. The Morgan fingerprint density at radius 2 is 1.81 bits per heavy atom. The van der Waals surface area contributed by atoms with Gasteiger partial charge in [0.05, 0.1) is 12.7 Å². The summed E-state index contributed by atoms with van der Waals surface area (Å²) < 4.78 is 33.6. The Kier molecular flexibility index (Phi) is 7.67. The maximum atomic E-state index is 12.2. The normalized spacial score (nSPS) is 44.9. The van der Waals surface area contributed by atoms with E-state index in [1.807, 2.05) is 30.3 Å². The summed E-state index contributed by atoms with van der Waals surface area (Å²) in [6, 6.07) is 9.10. The first-order valence-corrected chi connectivity index (χ1v) is 12.2. The van der Waals surface area contributed by atoms with Gasteiger partial charge in [-0.25, -0.2) is 4.79 Å². The molecule has 0 aromatic heterocycles. The Labute approximate surface area is 212 Å². The quantitative estimate of drug-likeness (QED) is 0.152. The molecule has 3 aliphatic heterocycles. The minimum Gasteiger partial charge on any atom is -0.460 e. The first-order chi connectivity index (χ1) is 17.8. The average Bonchev–Trinajstić information content (AvgIpc) is 3.61. The summed E-state index contributed by atoms with van der Waals surface area (Å²) in [4.78, 5) is 12.2. The molecule has 204 valence electrons. The van der Waals surface area contributed by atoms with E-state index in [1.165, 1.54) is 13.2 Å². The molecule has 4 aliphatic rings. The lowest BCUT2D eigenvalue weighted by Gasteiger charge is -2.45. The highest BCUT2D eigenvalue weighted by atomic mass is 16.8. The Hall–Kier alpha value is -1.97. The molecule has 1 aromatic carbocycles. The van der Waals surface area contributed by atoms with E-state index in [4.69, 9.17) is 28.4 Å². The van der Waals surface area contributed by atoms with Gasteiger partial charge >= 0.3 is 5.97 Å². The first kappa shape index (κ1) is 26.6. The predicted octanol–water partition coefficient (Wildman–Crippen LogP) is -1.48. The largest absolute Gasteiger partial charge is 0.460 e. The summed E-state index contributed by atoms with van der Waals surface area (Å²) >= 11 is 0. The van der Waals surface area contributed by atoms with Crippen LogP contribution in [0.4, 0.5) is 0 Å². The fraction of sp³-hybridized carbons (Fsp3) is 0.640. The molecule has 1 saturated carbocycles. The van der Waals surface area contributed by atoms with E-state index in [1.54, 1.807) is 6.08 Å². The number of ether oxygens (including phenoxy) is 6. The maximum absolute atomic E-state index is 12.2. The molecule has 3 heterocycles. The molecule has 0 unspecified atom stereocenters. The molecule has 0 bridgehead atoms. The van der Waals surface area contributed by atoms with E-state index in [0.29, 0.717) is 6.42 Å². The average molecular weight is 525 g/mol. The fourth-order valence-electron chi connectivity index (χ4n) is 5.60. The molecule has 37 heavy (non-hydrogen) atoms. The van der Waals surface area contributed by atoms with E-state index < -0.39 is 79.6 Å². The Morgan fingerprint density at radius 3 is 2.51 bits per heavy atom. The van der Waals surface area contributed by atoms with Crippen molar-refractivity contribution >= 4 is 12.0 Å². The van der Waals surface area contributed by atoms with E-state index in [2.05, 4.69) is 0 Å². The number of fused-ring (bicyclic) bond motifs is 3. The molecule has 12 heteroatoms. The van der Waals surface area contributed by atoms with Gasteiger partial charge in [-0.15, -0.1) is 0 Å². The molecular weight excluding hydrogens is 492 g/mol. The molecule has 12 atom stereocenters. The third kappa shape index (κ3) is 4.94. The number of hydrogen-bond donors (Lipinski definition) is 5. The molecule has 5 rings (SSSR count). The smallest absolute Gasteiger partial charge is 0.330 e. The third-order valence-electron chi connectivity index (χ3n) is 7.64. The molecule has 1 aliphatic carbocycles. The highest BCUT2D eigenvalue weighted by molar-refractivity contribution is 5.87. The number of aliphatic hydroxyl groups excluding tert-OH is 5. The zero-order valence-electron chi connectivity index (χ0n) is 20.1. The van der Waals surface area contributed by atoms with Crippen molar-refractivity contribution in [1.29, 1.82) is 0 Å². The van der Waals surface area contributed by atoms with Gasteiger partial charge < -0.3 is 54.0 Å².